The fraction of sp³-hybridized carbons (Fsp3) is 0.562. The normalized spacial score (nSPS) is 11.3. The lowest BCUT2D eigenvalue weighted by Crippen LogP contribution is -2.27. The van der Waals surface area contributed by atoms with Crippen molar-refractivity contribution >= 4 is 17.5 Å². The third-order valence-corrected chi connectivity index (χ3v) is 2.91. The van der Waals surface area contributed by atoms with E-state index in [4.69, 9.17) is 4.74 Å². The highest BCUT2D eigenvalue weighted by Gasteiger charge is 2.17. The number of para-hydroxylation sites is 2. The van der Waals surface area contributed by atoms with Crippen LogP contribution in [-0.4, -0.2) is 17.7 Å². The summed E-state index contributed by atoms with van der Waals surface area (Å²) in [7, 11) is 0. The average molecular weight is 278 g/mol. The maximum Gasteiger partial charge on any atom is 0.412 e. The zero-order chi connectivity index (χ0) is 15.2. The van der Waals surface area contributed by atoms with Crippen molar-refractivity contribution in [2.45, 2.75) is 59.1 Å². The summed E-state index contributed by atoms with van der Waals surface area (Å²) in [5.74, 6) is 0. The van der Waals surface area contributed by atoms with Crippen LogP contribution in [0.3, 0.4) is 0 Å². The molecule has 0 radical (unpaired) electrons. The van der Waals surface area contributed by atoms with Crippen LogP contribution in [0.4, 0.5) is 16.2 Å². The minimum atomic E-state index is -0.498. The van der Waals surface area contributed by atoms with Crippen molar-refractivity contribution in [1.82, 2.24) is 0 Å². The Morgan fingerprint density at radius 1 is 1.15 bits per heavy atom. The monoisotopic (exact) mass is 278 g/mol. The molecule has 1 aromatic rings. The second-order valence-corrected chi connectivity index (χ2v) is 5.83. The zero-order valence-electron chi connectivity index (χ0n) is 13.1. The first kappa shape index (κ1) is 16.3. The molecular formula is C16H26N2O2. The molecule has 1 rings (SSSR count). The Kier molecular flexibility index (Phi) is 5.86. The van der Waals surface area contributed by atoms with Gasteiger partial charge >= 0.3 is 6.09 Å². The highest BCUT2D eigenvalue weighted by molar-refractivity contribution is 5.89. The molecule has 0 aliphatic carbocycles. The van der Waals surface area contributed by atoms with Gasteiger partial charge in [-0.25, -0.2) is 4.79 Å². The van der Waals surface area contributed by atoms with Crippen molar-refractivity contribution in [3.05, 3.63) is 24.3 Å². The van der Waals surface area contributed by atoms with Gasteiger partial charge in [0.15, 0.2) is 0 Å². The van der Waals surface area contributed by atoms with Gasteiger partial charge < -0.3 is 10.1 Å². The number of rotatable bonds is 5. The van der Waals surface area contributed by atoms with Gasteiger partial charge in [0.2, 0.25) is 0 Å². The second-order valence-electron chi connectivity index (χ2n) is 5.83. The Morgan fingerprint density at radius 2 is 1.70 bits per heavy atom. The molecular weight excluding hydrogens is 252 g/mol. The van der Waals surface area contributed by atoms with Crippen molar-refractivity contribution in [3.8, 4) is 0 Å². The van der Waals surface area contributed by atoms with Crippen molar-refractivity contribution < 1.29 is 9.53 Å². The predicted molar refractivity (Wildman–Crippen MR) is 84.3 cm³/mol. The SMILES string of the molecule is CCC(CC)Nc1ccccc1NC(=O)OC(C)(C)C. The van der Waals surface area contributed by atoms with E-state index in [0.717, 1.165) is 24.2 Å². The predicted octanol–water partition coefficient (Wildman–Crippen LogP) is 4.63. The molecule has 4 heteroatoms. The molecule has 1 amide bonds. The van der Waals surface area contributed by atoms with E-state index in [-0.39, 0.29) is 0 Å². The van der Waals surface area contributed by atoms with E-state index in [9.17, 15) is 4.79 Å². The Labute approximate surface area is 121 Å². The van der Waals surface area contributed by atoms with E-state index >= 15 is 0 Å². The lowest BCUT2D eigenvalue weighted by molar-refractivity contribution is 0.0636. The average Bonchev–Trinajstić information content (AvgIpc) is 2.35. The highest BCUT2D eigenvalue weighted by Crippen LogP contribution is 2.23. The summed E-state index contributed by atoms with van der Waals surface area (Å²) in [4.78, 5) is 11.8. The maximum absolute atomic E-state index is 11.8. The number of ether oxygens (including phenoxy) is 1. The van der Waals surface area contributed by atoms with E-state index in [0.29, 0.717) is 6.04 Å². The second kappa shape index (κ2) is 7.17. The minimum Gasteiger partial charge on any atom is -0.444 e. The Morgan fingerprint density at radius 3 is 2.20 bits per heavy atom. The van der Waals surface area contributed by atoms with Crippen molar-refractivity contribution in [1.29, 1.82) is 0 Å². The molecule has 0 saturated carbocycles. The Hall–Kier alpha value is -1.71. The molecule has 0 bridgehead atoms. The molecule has 4 nitrogen and oxygen atoms in total. The molecule has 0 unspecified atom stereocenters. The largest absolute Gasteiger partial charge is 0.444 e. The van der Waals surface area contributed by atoms with Gasteiger partial charge in [-0.2, -0.15) is 0 Å². The molecule has 112 valence electrons. The lowest BCUT2D eigenvalue weighted by atomic mass is 10.1. The summed E-state index contributed by atoms with van der Waals surface area (Å²) in [6.07, 6.45) is 1.64. The smallest absolute Gasteiger partial charge is 0.412 e. The maximum atomic E-state index is 11.8. The van der Waals surface area contributed by atoms with Gasteiger partial charge in [0.1, 0.15) is 5.60 Å². The highest BCUT2D eigenvalue weighted by atomic mass is 16.6. The molecule has 0 fully saturated rings. The van der Waals surface area contributed by atoms with Crippen molar-refractivity contribution in [2.75, 3.05) is 10.6 Å². The topological polar surface area (TPSA) is 50.4 Å². The number of hydrogen-bond acceptors (Lipinski definition) is 3. The van der Waals surface area contributed by atoms with E-state index in [1.165, 1.54) is 0 Å². The third-order valence-electron chi connectivity index (χ3n) is 2.91. The number of hydrogen-bond donors (Lipinski definition) is 2. The quantitative estimate of drug-likeness (QED) is 0.825. The summed E-state index contributed by atoms with van der Waals surface area (Å²) >= 11 is 0. The zero-order valence-corrected chi connectivity index (χ0v) is 13.1. The molecule has 0 aliphatic rings. The number of carbonyl (C=O) groups is 1. The molecule has 0 atom stereocenters. The van der Waals surface area contributed by atoms with E-state index < -0.39 is 11.7 Å². The fourth-order valence-corrected chi connectivity index (χ4v) is 1.84. The van der Waals surface area contributed by atoms with Gasteiger partial charge in [-0.05, 0) is 45.7 Å². The van der Waals surface area contributed by atoms with Gasteiger partial charge in [0.25, 0.3) is 0 Å². The molecule has 1 aromatic carbocycles. The van der Waals surface area contributed by atoms with E-state index in [1.807, 2.05) is 45.0 Å². The third kappa shape index (κ3) is 5.51. The van der Waals surface area contributed by atoms with Gasteiger partial charge in [-0.1, -0.05) is 26.0 Å². The van der Waals surface area contributed by atoms with E-state index in [1.54, 1.807) is 0 Å². The van der Waals surface area contributed by atoms with E-state index in [2.05, 4.69) is 24.5 Å². The number of benzene rings is 1. The fourth-order valence-electron chi connectivity index (χ4n) is 1.84. The van der Waals surface area contributed by atoms with Crippen LogP contribution in [0.2, 0.25) is 0 Å². The lowest BCUT2D eigenvalue weighted by Gasteiger charge is -2.22. The summed E-state index contributed by atoms with van der Waals surface area (Å²) < 4.78 is 5.28. The van der Waals surface area contributed by atoms with Crippen molar-refractivity contribution in [3.63, 3.8) is 0 Å². The van der Waals surface area contributed by atoms with Gasteiger partial charge in [-0.3, -0.25) is 5.32 Å². The summed E-state index contributed by atoms with van der Waals surface area (Å²) in [6, 6.07) is 8.08. The first-order chi connectivity index (χ1) is 9.35. The van der Waals surface area contributed by atoms with Crippen LogP contribution < -0.4 is 10.6 Å². The van der Waals surface area contributed by atoms with Crippen molar-refractivity contribution in [2.24, 2.45) is 0 Å². The van der Waals surface area contributed by atoms with Crippen LogP contribution in [-0.2, 0) is 4.74 Å². The van der Waals surface area contributed by atoms with Crippen LogP contribution in [0, 0.1) is 0 Å². The Bertz CT molecular complexity index is 434. The number of anilines is 2. The van der Waals surface area contributed by atoms with Gasteiger partial charge in [-0.15, -0.1) is 0 Å². The van der Waals surface area contributed by atoms with Crippen LogP contribution >= 0.6 is 0 Å². The first-order valence-electron chi connectivity index (χ1n) is 7.21. The summed E-state index contributed by atoms with van der Waals surface area (Å²) in [5, 5.41) is 6.24. The minimum absolute atomic E-state index is 0.400. The molecule has 20 heavy (non-hydrogen) atoms. The molecule has 0 saturated heterocycles. The molecule has 2 N–H and O–H groups in total. The Balaban J connectivity index is 2.77. The summed E-state index contributed by atoms with van der Waals surface area (Å²) in [6.45, 7) is 9.83. The standard InChI is InChI=1S/C16H26N2O2/c1-6-12(7-2)17-13-10-8-9-11-14(13)18-15(19)20-16(3,4)5/h8-12,17H,6-7H2,1-5H3,(H,18,19). The van der Waals surface area contributed by atoms with Gasteiger partial charge in [0, 0.05) is 6.04 Å². The molecule has 0 spiro atoms. The van der Waals surface area contributed by atoms with Crippen LogP contribution in [0.5, 0.6) is 0 Å². The van der Waals surface area contributed by atoms with Gasteiger partial charge in [0.05, 0.1) is 11.4 Å². The number of carbonyl (C=O) groups excluding carboxylic acids is 1. The molecule has 0 aliphatic heterocycles. The first-order valence-corrected chi connectivity index (χ1v) is 7.21. The molecule has 0 heterocycles. The molecule has 0 aromatic heterocycles. The summed E-state index contributed by atoms with van der Waals surface area (Å²) in [5.41, 5.74) is 1.17. The number of amides is 1. The van der Waals surface area contributed by atoms with Crippen LogP contribution in [0.25, 0.3) is 0 Å². The van der Waals surface area contributed by atoms with Crippen LogP contribution in [0.1, 0.15) is 47.5 Å². The number of nitrogens with one attached hydrogen (secondary N) is 2. The van der Waals surface area contributed by atoms with Crippen LogP contribution in [0.15, 0.2) is 24.3 Å².